The van der Waals surface area contributed by atoms with E-state index in [-0.39, 0.29) is 12.1 Å². The highest BCUT2D eigenvalue weighted by Gasteiger charge is 2.26. The third kappa shape index (κ3) is 2.87. The van der Waals surface area contributed by atoms with Gasteiger partial charge in [0, 0.05) is 0 Å². The van der Waals surface area contributed by atoms with Crippen LogP contribution in [0.25, 0.3) is 0 Å². The minimum absolute atomic E-state index is 0.202. The molecule has 82 valence electrons. The molecule has 1 rings (SSSR count). The summed E-state index contributed by atoms with van der Waals surface area (Å²) in [6.07, 6.45) is 5.28. The summed E-state index contributed by atoms with van der Waals surface area (Å²) < 4.78 is 4.91. The maximum absolute atomic E-state index is 11.5. The van der Waals surface area contributed by atoms with Gasteiger partial charge in [-0.05, 0) is 19.8 Å². The van der Waals surface area contributed by atoms with Crippen LogP contribution in [-0.2, 0) is 9.57 Å². The van der Waals surface area contributed by atoms with E-state index < -0.39 is 0 Å². The smallest absolute Gasteiger partial charge is 0.434 e. The summed E-state index contributed by atoms with van der Waals surface area (Å²) in [6, 6.07) is 0.202. The van der Waals surface area contributed by atoms with Crippen molar-refractivity contribution in [1.29, 1.82) is 0 Å². The molecule has 1 amide bonds. The second-order valence-corrected chi connectivity index (χ2v) is 3.50. The maximum Gasteiger partial charge on any atom is 0.434 e. The van der Waals surface area contributed by atoms with E-state index in [4.69, 9.17) is 9.57 Å². The first-order valence-electron chi connectivity index (χ1n) is 5.29. The van der Waals surface area contributed by atoms with Gasteiger partial charge in [0.25, 0.3) is 0 Å². The number of ether oxygens (including phenoxy) is 1. The van der Waals surface area contributed by atoms with Crippen molar-refractivity contribution < 1.29 is 14.4 Å². The molecule has 1 saturated carbocycles. The van der Waals surface area contributed by atoms with Crippen LogP contribution in [0.3, 0.4) is 0 Å². The monoisotopic (exact) mass is 201 g/mol. The summed E-state index contributed by atoms with van der Waals surface area (Å²) in [5.74, 6) is 0. The SMILES string of the molecule is CCOC(=O)N(OC)C1CCCCC1. The quantitative estimate of drug-likeness (QED) is 0.658. The van der Waals surface area contributed by atoms with Gasteiger partial charge in [0.2, 0.25) is 0 Å². The maximum atomic E-state index is 11.5. The Bertz CT molecular complexity index is 178. The zero-order valence-corrected chi connectivity index (χ0v) is 8.99. The Hall–Kier alpha value is -0.770. The van der Waals surface area contributed by atoms with Crippen LogP contribution in [-0.4, -0.2) is 30.9 Å². The Labute approximate surface area is 85.1 Å². The lowest BCUT2D eigenvalue weighted by Gasteiger charge is -2.30. The Morgan fingerprint density at radius 3 is 2.50 bits per heavy atom. The molecule has 0 radical (unpaired) electrons. The van der Waals surface area contributed by atoms with Gasteiger partial charge in [0.05, 0.1) is 19.8 Å². The van der Waals surface area contributed by atoms with E-state index in [9.17, 15) is 4.79 Å². The van der Waals surface area contributed by atoms with E-state index in [0.29, 0.717) is 6.61 Å². The number of carbonyl (C=O) groups is 1. The van der Waals surface area contributed by atoms with Crippen LogP contribution in [0, 0.1) is 0 Å². The fourth-order valence-electron chi connectivity index (χ4n) is 1.88. The van der Waals surface area contributed by atoms with E-state index in [1.165, 1.54) is 31.4 Å². The molecule has 0 unspecified atom stereocenters. The summed E-state index contributed by atoms with van der Waals surface area (Å²) in [5, 5.41) is 1.38. The van der Waals surface area contributed by atoms with Crippen molar-refractivity contribution in [3.63, 3.8) is 0 Å². The molecule has 0 aromatic rings. The lowest BCUT2D eigenvalue weighted by molar-refractivity contribution is -0.143. The van der Waals surface area contributed by atoms with Crippen molar-refractivity contribution >= 4 is 6.09 Å². The van der Waals surface area contributed by atoms with Gasteiger partial charge >= 0.3 is 6.09 Å². The van der Waals surface area contributed by atoms with Gasteiger partial charge in [-0.2, -0.15) is 5.06 Å². The molecule has 0 spiro atoms. The molecule has 0 aromatic heterocycles. The molecule has 0 atom stereocenters. The predicted octanol–water partition coefficient (Wildman–Crippen LogP) is 2.34. The Balaban J connectivity index is 2.46. The molecule has 0 bridgehead atoms. The molecule has 4 heteroatoms. The van der Waals surface area contributed by atoms with Crippen molar-refractivity contribution in [2.45, 2.75) is 45.1 Å². The summed E-state index contributed by atoms with van der Waals surface area (Å²) in [5.41, 5.74) is 0. The average Bonchev–Trinajstić information content (AvgIpc) is 2.21. The predicted molar refractivity (Wildman–Crippen MR) is 52.7 cm³/mol. The van der Waals surface area contributed by atoms with E-state index in [1.807, 2.05) is 0 Å². The molecule has 0 N–H and O–H groups in total. The van der Waals surface area contributed by atoms with Crippen molar-refractivity contribution in [3.8, 4) is 0 Å². The first kappa shape index (κ1) is 11.3. The van der Waals surface area contributed by atoms with Crippen LogP contribution in [0.4, 0.5) is 4.79 Å². The zero-order chi connectivity index (χ0) is 10.4. The largest absolute Gasteiger partial charge is 0.448 e. The van der Waals surface area contributed by atoms with Crippen LogP contribution < -0.4 is 0 Å². The molecule has 1 aliphatic rings. The Morgan fingerprint density at radius 1 is 1.36 bits per heavy atom. The number of nitrogens with zero attached hydrogens (tertiary/aromatic N) is 1. The van der Waals surface area contributed by atoms with Crippen molar-refractivity contribution in [1.82, 2.24) is 5.06 Å². The second kappa shape index (κ2) is 5.86. The van der Waals surface area contributed by atoms with Crippen molar-refractivity contribution in [2.75, 3.05) is 13.7 Å². The van der Waals surface area contributed by atoms with E-state index in [2.05, 4.69) is 0 Å². The van der Waals surface area contributed by atoms with Crippen molar-refractivity contribution in [2.24, 2.45) is 0 Å². The molecule has 1 aliphatic carbocycles. The highest BCUT2D eigenvalue weighted by Crippen LogP contribution is 2.23. The summed E-state index contributed by atoms with van der Waals surface area (Å²) in [7, 11) is 1.52. The highest BCUT2D eigenvalue weighted by atomic mass is 16.7. The van der Waals surface area contributed by atoms with Crippen LogP contribution in [0.1, 0.15) is 39.0 Å². The van der Waals surface area contributed by atoms with E-state index in [1.54, 1.807) is 6.92 Å². The highest BCUT2D eigenvalue weighted by molar-refractivity contribution is 5.66. The lowest BCUT2D eigenvalue weighted by Crippen LogP contribution is -2.40. The number of carbonyl (C=O) groups excluding carboxylic acids is 1. The lowest BCUT2D eigenvalue weighted by atomic mass is 9.95. The third-order valence-corrected chi connectivity index (χ3v) is 2.55. The Kier molecular flexibility index (Phi) is 4.73. The number of hydrogen-bond donors (Lipinski definition) is 0. The molecule has 0 aliphatic heterocycles. The van der Waals surface area contributed by atoms with E-state index in [0.717, 1.165) is 12.8 Å². The molecule has 4 nitrogen and oxygen atoms in total. The van der Waals surface area contributed by atoms with Gasteiger partial charge in [-0.25, -0.2) is 4.79 Å². The molecule has 1 fully saturated rings. The minimum Gasteiger partial charge on any atom is -0.448 e. The van der Waals surface area contributed by atoms with Gasteiger partial charge in [-0.3, -0.25) is 4.84 Å². The minimum atomic E-state index is -0.359. The number of hydroxylamine groups is 2. The van der Waals surface area contributed by atoms with Gasteiger partial charge in [0.1, 0.15) is 0 Å². The molecule has 0 aromatic carbocycles. The fraction of sp³-hybridized carbons (Fsp3) is 0.900. The first-order valence-corrected chi connectivity index (χ1v) is 5.29. The second-order valence-electron chi connectivity index (χ2n) is 3.50. The number of rotatable bonds is 3. The van der Waals surface area contributed by atoms with Gasteiger partial charge in [-0.1, -0.05) is 19.3 Å². The first-order chi connectivity index (χ1) is 6.79. The number of hydrogen-bond acceptors (Lipinski definition) is 3. The average molecular weight is 201 g/mol. The van der Waals surface area contributed by atoms with Crippen LogP contribution in [0.2, 0.25) is 0 Å². The fourth-order valence-corrected chi connectivity index (χ4v) is 1.88. The molecule has 14 heavy (non-hydrogen) atoms. The topological polar surface area (TPSA) is 38.8 Å². The third-order valence-electron chi connectivity index (χ3n) is 2.55. The van der Waals surface area contributed by atoms with E-state index >= 15 is 0 Å². The normalized spacial score (nSPS) is 17.9. The molecular weight excluding hydrogens is 182 g/mol. The van der Waals surface area contributed by atoms with Crippen molar-refractivity contribution in [3.05, 3.63) is 0 Å². The summed E-state index contributed by atoms with van der Waals surface area (Å²) in [4.78, 5) is 16.5. The van der Waals surface area contributed by atoms with Gasteiger partial charge < -0.3 is 4.74 Å². The summed E-state index contributed by atoms with van der Waals surface area (Å²) in [6.45, 7) is 2.19. The van der Waals surface area contributed by atoms with Gasteiger partial charge in [0.15, 0.2) is 0 Å². The Morgan fingerprint density at radius 2 is 2.00 bits per heavy atom. The zero-order valence-electron chi connectivity index (χ0n) is 8.99. The van der Waals surface area contributed by atoms with Crippen LogP contribution >= 0.6 is 0 Å². The molecule has 0 saturated heterocycles. The van der Waals surface area contributed by atoms with Crippen LogP contribution in [0.15, 0.2) is 0 Å². The standard InChI is InChI=1S/C10H19NO3/c1-3-14-10(12)11(13-2)9-7-5-4-6-8-9/h9H,3-8H2,1-2H3. The van der Waals surface area contributed by atoms with Crippen LogP contribution in [0.5, 0.6) is 0 Å². The number of amides is 1. The molecule has 0 heterocycles. The van der Waals surface area contributed by atoms with Gasteiger partial charge in [-0.15, -0.1) is 0 Å². The molecular formula is C10H19NO3. The summed E-state index contributed by atoms with van der Waals surface area (Å²) >= 11 is 0.